The molecule has 0 bridgehead atoms. The van der Waals surface area contributed by atoms with Gasteiger partial charge in [0.1, 0.15) is 0 Å². The fourth-order valence-corrected chi connectivity index (χ4v) is 3.26. The maximum atomic E-state index is 12.3. The summed E-state index contributed by atoms with van der Waals surface area (Å²) in [7, 11) is 0. The standard InChI is InChI=1S/C18H15F2N3O2S2/c19-17(20)27-14-8-6-13(7-9-14)21-15(24)11-26-18-23-22-16(25-18)10-12-4-2-1-3-5-12/h1-9,17H,10-11H2,(H,21,24). The molecule has 0 aliphatic rings. The topological polar surface area (TPSA) is 68.0 Å². The molecule has 140 valence electrons. The maximum Gasteiger partial charge on any atom is 0.288 e. The number of carbonyl (C=O) groups excluding carboxylic acids is 1. The summed E-state index contributed by atoms with van der Waals surface area (Å²) in [4.78, 5) is 12.4. The first-order valence-electron chi connectivity index (χ1n) is 7.92. The number of amides is 1. The van der Waals surface area contributed by atoms with Gasteiger partial charge in [0.25, 0.3) is 11.0 Å². The summed E-state index contributed by atoms with van der Waals surface area (Å²) in [6, 6.07) is 16.0. The number of nitrogens with one attached hydrogen (secondary N) is 1. The number of carbonyl (C=O) groups is 1. The summed E-state index contributed by atoms with van der Waals surface area (Å²) in [5.74, 6) is -2.14. The predicted octanol–water partition coefficient (Wildman–Crippen LogP) is 4.71. The van der Waals surface area contributed by atoms with Gasteiger partial charge < -0.3 is 9.73 Å². The Balaban J connectivity index is 1.46. The largest absolute Gasteiger partial charge is 0.416 e. The first kappa shape index (κ1) is 19.4. The molecule has 0 fully saturated rings. The van der Waals surface area contributed by atoms with E-state index in [-0.39, 0.29) is 11.7 Å². The van der Waals surface area contributed by atoms with Crippen molar-refractivity contribution in [2.75, 3.05) is 11.1 Å². The molecule has 0 saturated heterocycles. The summed E-state index contributed by atoms with van der Waals surface area (Å²) in [5, 5.41) is 10.9. The Bertz CT molecular complexity index is 874. The van der Waals surface area contributed by atoms with Crippen LogP contribution >= 0.6 is 23.5 Å². The fraction of sp³-hybridized carbons (Fsp3) is 0.167. The highest BCUT2D eigenvalue weighted by Gasteiger charge is 2.11. The van der Waals surface area contributed by atoms with Gasteiger partial charge in [-0.2, -0.15) is 8.78 Å². The van der Waals surface area contributed by atoms with E-state index in [9.17, 15) is 13.6 Å². The normalized spacial score (nSPS) is 10.9. The zero-order valence-corrected chi connectivity index (χ0v) is 15.6. The Morgan fingerprint density at radius 3 is 2.52 bits per heavy atom. The van der Waals surface area contributed by atoms with Gasteiger partial charge in [0.2, 0.25) is 11.8 Å². The van der Waals surface area contributed by atoms with Crippen LogP contribution in [0, 0.1) is 0 Å². The van der Waals surface area contributed by atoms with Crippen molar-refractivity contribution >= 4 is 35.1 Å². The van der Waals surface area contributed by atoms with Gasteiger partial charge in [-0.1, -0.05) is 53.9 Å². The van der Waals surface area contributed by atoms with Crippen LogP contribution in [-0.2, 0) is 11.2 Å². The third kappa shape index (κ3) is 6.37. The van der Waals surface area contributed by atoms with Crippen LogP contribution in [0.2, 0.25) is 0 Å². The number of hydrogen-bond donors (Lipinski definition) is 1. The van der Waals surface area contributed by atoms with Crippen LogP contribution in [0.1, 0.15) is 11.5 Å². The molecule has 0 saturated carbocycles. The number of rotatable bonds is 8. The summed E-state index contributed by atoms with van der Waals surface area (Å²) < 4.78 is 30.1. The Hall–Kier alpha value is -2.39. The van der Waals surface area contributed by atoms with Crippen molar-refractivity contribution in [3.63, 3.8) is 0 Å². The van der Waals surface area contributed by atoms with Gasteiger partial charge in [0, 0.05) is 10.6 Å². The SMILES string of the molecule is O=C(CSc1nnc(Cc2ccccc2)o1)Nc1ccc(SC(F)F)cc1. The molecule has 0 spiro atoms. The van der Waals surface area contributed by atoms with Gasteiger partial charge in [-0.15, -0.1) is 10.2 Å². The molecule has 0 aliphatic carbocycles. The van der Waals surface area contributed by atoms with E-state index in [2.05, 4.69) is 15.5 Å². The molecule has 1 heterocycles. The fourth-order valence-electron chi connectivity index (χ4n) is 2.18. The highest BCUT2D eigenvalue weighted by atomic mass is 32.2. The van der Waals surface area contributed by atoms with Crippen LogP contribution in [0.4, 0.5) is 14.5 Å². The van der Waals surface area contributed by atoms with Crippen LogP contribution in [0.5, 0.6) is 0 Å². The number of thioether (sulfide) groups is 2. The molecule has 1 amide bonds. The van der Waals surface area contributed by atoms with Gasteiger partial charge in [0.15, 0.2) is 0 Å². The minimum Gasteiger partial charge on any atom is -0.416 e. The second-order valence-electron chi connectivity index (χ2n) is 5.36. The second-order valence-corrected chi connectivity index (χ2v) is 7.35. The van der Waals surface area contributed by atoms with Crippen molar-refractivity contribution in [1.82, 2.24) is 10.2 Å². The summed E-state index contributed by atoms with van der Waals surface area (Å²) in [6.07, 6.45) is 0.531. The molecule has 0 radical (unpaired) electrons. The molecule has 0 unspecified atom stereocenters. The number of nitrogens with zero attached hydrogens (tertiary/aromatic N) is 2. The lowest BCUT2D eigenvalue weighted by Crippen LogP contribution is -2.13. The zero-order valence-electron chi connectivity index (χ0n) is 14.0. The van der Waals surface area contributed by atoms with Crippen molar-refractivity contribution < 1.29 is 18.0 Å². The average molecular weight is 407 g/mol. The molecule has 3 aromatic rings. The van der Waals surface area contributed by atoms with E-state index in [0.717, 1.165) is 17.3 Å². The Kier molecular flexibility index (Phi) is 6.83. The molecule has 0 atom stereocenters. The van der Waals surface area contributed by atoms with Crippen molar-refractivity contribution in [1.29, 1.82) is 0 Å². The van der Waals surface area contributed by atoms with E-state index in [1.54, 1.807) is 12.1 Å². The number of anilines is 1. The van der Waals surface area contributed by atoms with Gasteiger partial charge in [-0.05, 0) is 29.8 Å². The van der Waals surface area contributed by atoms with E-state index in [4.69, 9.17) is 4.42 Å². The first-order valence-corrected chi connectivity index (χ1v) is 9.79. The summed E-state index contributed by atoms with van der Waals surface area (Å²) in [6.45, 7) is 0. The lowest BCUT2D eigenvalue weighted by molar-refractivity contribution is -0.113. The van der Waals surface area contributed by atoms with Crippen molar-refractivity contribution in [3.8, 4) is 0 Å². The number of benzene rings is 2. The van der Waals surface area contributed by atoms with Gasteiger partial charge in [0.05, 0.1) is 12.2 Å². The highest BCUT2D eigenvalue weighted by molar-refractivity contribution is 7.99. The Labute approximate surface area is 162 Å². The van der Waals surface area contributed by atoms with E-state index in [1.807, 2.05) is 30.3 Å². The number of halogens is 2. The predicted molar refractivity (Wildman–Crippen MR) is 101 cm³/mol. The molecule has 1 aromatic heterocycles. The number of hydrogen-bond acceptors (Lipinski definition) is 6. The molecule has 27 heavy (non-hydrogen) atoms. The molecule has 9 heteroatoms. The summed E-state index contributed by atoms with van der Waals surface area (Å²) >= 11 is 1.59. The quantitative estimate of drug-likeness (QED) is 0.546. The Morgan fingerprint density at radius 2 is 1.81 bits per heavy atom. The van der Waals surface area contributed by atoms with E-state index >= 15 is 0 Å². The third-order valence-electron chi connectivity index (χ3n) is 3.34. The first-order chi connectivity index (χ1) is 13.1. The van der Waals surface area contributed by atoms with Crippen molar-refractivity contribution in [2.24, 2.45) is 0 Å². The van der Waals surface area contributed by atoms with Gasteiger partial charge >= 0.3 is 0 Å². The minimum absolute atomic E-state index is 0.0977. The van der Waals surface area contributed by atoms with Crippen molar-refractivity contribution in [2.45, 2.75) is 22.3 Å². The number of aromatic nitrogens is 2. The van der Waals surface area contributed by atoms with E-state index in [1.165, 1.54) is 12.1 Å². The molecular formula is C18H15F2N3O2S2. The molecule has 3 rings (SSSR count). The lowest BCUT2D eigenvalue weighted by Gasteiger charge is -2.05. The summed E-state index contributed by atoms with van der Waals surface area (Å²) in [5.41, 5.74) is 1.60. The van der Waals surface area contributed by atoms with E-state index in [0.29, 0.717) is 39.9 Å². The van der Waals surface area contributed by atoms with Crippen LogP contribution in [0.3, 0.4) is 0 Å². The molecule has 1 N–H and O–H groups in total. The molecular weight excluding hydrogens is 392 g/mol. The second kappa shape index (κ2) is 9.52. The maximum absolute atomic E-state index is 12.3. The molecule has 2 aromatic carbocycles. The average Bonchev–Trinajstić information content (AvgIpc) is 3.09. The van der Waals surface area contributed by atoms with E-state index < -0.39 is 5.76 Å². The number of alkyl halides is 2. The lowest BCUT2D eigenvalue weighted by atomic mass is 10.2. The van der Waals surface area contributed by atoms with Crippen LogP contribution in [0.25, 0.3) is 0 Å². The van der Waals surface area contributed by atoms with Crippen LogP contribution in [-0.4, -0.2) is 27.6 Å². The molecule has 5 nitrogen and oxygen atoms in total. The third-order valence-corrected chi connectivity index (χ3v) is 4.88. The molecule has 0 aliphatic heterocycles. The Morgan fingerprint density at radius 1 is 1.07 bits per heavy atom. The van der Waals surface area contributed by atoms with Crippen molar-refractivity contribution in [3.05, 3.63) is 66.1 Å². The van der Waals surface area contributed by atoms with Crippen LogP contribution in [0.15, 0.2) is 69.1 Å². The van der Waals surface area contributed by atoms with Gasteiger partial charge in [-0.3, -0.25) is 4.79 Å². The minimum atomic E-state index is -2.47. The van der Waals surface area contributed by atoms with Gasteiger partial charge in [-0.25, -0.2) is 0 Å². The van der Waals surface area contributed by atoms with Crippen LogP contribution < -0.4 is 5.32 Å². The smallest absolute Gasteiger partial charge is 0.288 e. The zero-order chi connectivity index (χ0) is 19.1. The monoisotopic (exact) mass is 407 g/mol. The highest BCUT2D eigenvalue weighted by Crippen LogP contribution is 2.26.